The summed E-state index contributed by atoms with van der Waals surface area (Å²) < 4.78 is 19.2. The van der Waals surface area contributed by atoms with E-state index in [2.05, 4.69) is 0 Å². The topological polar surface area (TPSA) is 87.1 Å². The molecule has 0 unspecified atom stereocenters. The second-order valence-electron chi connectivity index (χ2n) is 10.4. The summed E-state index contributed by atoms with van der Waals surface area (Å²) in [7, 11) is 0. The van der Waals surface area contributed by atoms with Crippen molar-refractivity contribution in [2.45, 2.75) is 25.0 Å². The molecule has 0 radical (unpaired) electrons. The molecule has 2 atom stereocenters. The third-order valence-corrected chi connectivity index (χ3v) is 7.68. The Hall–Kier alpha value is -5.43. The number of hydrogen-bond donors (Lipinski definition) is 2. The molecule has 7 heteroatoms. The summed E-state index contributed by atoms with van der Waals surface area (Å²) >= 11 is 0. The van der Waals surface area contributed by atoms with Gasteiger partial charge in [-0.05, 0) is 83.3 Å². The summed E-state index contributed by atoms with van der Waals surface area (Å²) in [5, 5.41) is 21.2. The second kappa shape index (κ2) is 11.8. The number of benzene rings is 5. The van der Waals surface area contributed by atoms with Gasteiger partial charge in [0.2, 0.25) is 0 Å². The summed E-state index contributed by atoms with van der Waals surface area (Å²) in [5.74, 6) is -0.583. The zero-order valence-electron chi connectivity index (χ0n) is 23.1. The number of rotatable bonds is 8. The number of halogens is 1. The molecule has 6 rings (SSSR count). The van der Waals surface area contributed by atoms with Crippen LogP contribution in [0.15, 0.2) is 121 Å². The highest BCUT2D eigenvalue weighted by Gasteiger charge is 2.44. The largest absolute Gasteiger partial charge is 0.508 e. The highest BCUT2D eigenvalue weighted by atomic mass is 19.1. The van der Waals surface area contributed by atoms with Gasteiger partial charge in [0.1, 0.15) is 29.5 Å². The summed E-state index contributed by atoms with van der Waals surface area (Å²) in [6.45, 7) is 0. The molecule has 1 aliphatic heterocycles. The molecule has 0 bridgehead atoms. The van der Waals surface area contributed by atoms with Crippen LogP contribution in [0.3, 0.4) is 0 Å². The summed E-state index contributed by atoms with van der Waals surface area (Å²) in [5.41, 5.74) is 4.83. The maximum atomic E-state index is 13.4. The first-order valence-electron chi connectivity index (χ1n) is 13.9. The molecule has 1 heterocycles. The minimum absolute atomic E-state index is 0.0510. The van der Waals surface area contributed by atoms with Crippen LogP contribution in [-0.2, 0) is 4.74 Å². The minimum Gasteiger partial charge on any atom is -0.508 e. The average Bonchev–Trinajstić information content (AvgIpc) is 3.36. The highest BCUT2D eigenvalue weighted by Crippen LogP contribution is 2.44. The Bertz CT molecular complexity index is 1770. The monoisotopic (exact) mass is 573 g/mol. The molecule has 0 spiro atoms. The van der Waals surface area contributed by atoms with Crippen LogP contribution in [0.5, 0.6) is 11.5 Å². The van der Waals surface area contributed by atoms with Crippen molar-refractivity contribution in [3.05, 3.63) is 138 Å². The first-order chi connectivity index (χ1) is 20.9. The predicted molar refractivity (Wildman–Crippen MR) is 163 cm³/mol. The van der Waals surface area contributed by atoms with Crippen molar-refractivity contribution in [1.82, 2.24) is 0 Å². The molecule has 214 valence electrons. The lowest BCUT2D eigenvalue weighted by molar-refractivity contribution is 0.0921. The van der Waals surface area contributed by atoms with E-state index >= 15 is 0 Å². The van der Waals surface area contributed by atoms with Gasteiger partial charge in [-0.1, -0.05) is 66.7 Å². The number of Topliss-reactive ketones (excluding diaryl/α,β-unsaturated/α-hetero) is 1. The number of cyclic esters (lactones) is 1. The molecule has 5 aromatic rings. The van der Waals surface area contributed by atoms with Gasteiger partial charge in [-0.25, -0.2) is 9.18 Å². The third kappa shape index (κ3) is 5.83. The van der Waals surface area contributed by atoms with E-state index in [1.807, 2.05) is 66.7 Å². The van der Waals surface area contributed by atoms with Gasteiger partial charge in [0.05, 0.1) is 0 Å². The van der Waals surface area contributed by atoms with Crippen LogP contribution in [0, 0.1) is 5.82 Å². The molecule has 6 nitrogen and oxygen atoms in total. The van der Waals surface area contributed by atoms with Crippen LogP contribution in [-0.4, -0.2) is 28.2 Å². The van der Waals surface area contributed by atoms with E-state index in [9.17, 15) is 24.2 Å². The standard InChI is InChI=1S/C36H28FNO5/c37-28-14-9-25(10-15-28)32(40)19-20-34-35(31-18-13-27(22-33(31)41)26-7-4-8-30(39)21-26)38(36(42)43-34)29-16-11-24(12-17-29)23-5-2-1-3-6-23/h1-18,21-22,34-35,39,41H,19-20H2/t34-,35-/m1/s1. The van der Waals surface area contributed by atoms with Gasteiger partial charge >= 0.3 is 6.09 Å². The number of phenolic OH excluding ortho intramolecular Hbond substituents is 2. The molecule has 1 amide bonds. The number of aromatic hydroxyl groups is 2. The zero-order valence-corrected chi connectivity index (χ0v) is 23.1. The molecular weight excluding hydrogens is 545 g/mol. The molecule has 2 N–H and O–H groups in total. The molecular formula is C36H28FNO5. The van der Waals surface area contributed by atoms with Crippen LogP contribution >= 0.6 is 0 Å². The van der Waals surface area contributed by atoms with Gasteiger partial charge in [0, 0.05) is 23.2 Å². The SMILES string of the molecule is O=C(CC[C@H]1OC(=O)N(c2ccc(-c3ccccc3)cc2)[C@@H]1c1ccc(-c2cccc(O)c2)cc1O)c1ccc(F)cc1. The Labute approximate surface area is 248 Å². The normalized spacial score (nSPS) is 16.2. The Morgan fingerprint density at radius 1 is 0.744 bits per heavy atom. The number of nitrogens with zero attached hydrogens (tertiary/aromatic N) is 1. The molecule has 43 heavy (non-hydrogen) atoms. The summed E-state index contributed by atoms with van der Waals surface area (Å²) in [6, 6.07) is 33.8. The van der Waals surface area contributed by atoms with Gasteiger partial charge in [-0.3, -0.25) is 9.69 Å². The smallest absolute Gasteiger partial charge is 0.415 e. The number of carbonyl (C=O) groups excluding carboxylic acids is 2. The Kier molecular flexibility index (Phi) is 7.62. The van der Waals surface area contributed by atoms with Crippen molar-refractivity contribution in [1.29, 1.82) is 0 Å². The van der Waals surface area contributed by atoms with E-state index in [0.29, 0.717) is 22.4 Å². The van der Waals surface area contributed by atoms with E-state index in [-0.39, 0.29) is 30.1 Å². The van der Waals surface area contributed by atoms with Crippen LogP contribution in [0.4, 0.5) is 14.9 Å². The molecule has 1 saturated heterocycles. The highest BCUT2D eigenvalue weighted by molar-refractivity contribution is 5.96. The lowest BCUT2D eigenvalue weighted by Crippen LogP contribution is -2.29. The van der Waals surface area contributed by atoms with E-state index in [1.165, 1.54) is 29.2 Å². The number of ketones is 1. The van der Waals surface area contributed by atoms with E-state index in [4.69, 9.17) is 4.74 Å². The fourth-order valence-electron chi connectivity index (χ4n) is 5.51. The second-order valence-corrected chi connectivity index (χ2v) is 10.4. The molecule has 0 aromatic heterocycles. The quantitative estimate of drug-likeness (QED) is 0.182. The summed E-state index contributed by atoms with van der Waals surface area (Å²) in [6.07, 6.45) is -1.08. The van der Waals surface area contributed by atoms with Gasteiger partial charge in [0.15, 0.2) is 5.78 Å². The Balaban J connectivity index is 1.33. The molecule has 1 aliphatic rings. The average molecular weight is 574 g/mol. The van der Waals surface area contributed by atoms with E-state index < -0.39 is 24.1 Å². The maximum Gasteiger partial charge on any atom is 0.415 e. The van der Waals surface area contributed by atoms with Crippen LogP contribution in [0.25, 0.3) is 22.3 Å². The Morgan fingerprint density at radius 2 is 1.40 bits per heavy atom. The van der Waals surface area contributed by atoms with Crippen molar-refractivity contribution in [2.75, 3.05) is 4.90 Å². The van der Waals surface area contributed by atoms with Crippen LogP contribution in [0.1, 0.15) is 34.8 Å². The van der Waals surface area contributed by atoms with E-state index in [1.54, 1.807) is 30.3 Å². The van der Waals surface area contributed by atoms with E-state index in [0.717, 1.165) is 16.7 Å². The Morgan fingerprint density at radius 3 is 2.09 bits per heavy atom. The predicted octanol–water partition coefficient (Wildman–Crippen LogP) is 8.30. The third-order valence-electron chi connectivity index (χ3n) is 7.68. The molecule has 0 aliphatic carbocycles. The maximum absolute atomic E-state index is 13.4. The number of anilines is 1. The minimum atomic E-state index is -0.747. The fourth-order valence-corrected chi connectivity index (χ4v) is 5.51. The number of carbonyl (C=O) groups is 2. The van der Waals surface area contributed by atoms with Crippen molar-refractivity contribution in [3.63, 3.8) is 0 Å². The molecule has 5 aromatic carbocycles. The number of ether oxygens (including phenoxy) is 1. The number of amides is 1. The number of phenols is 2. The van der Waals surface area contributed by atoms with Crippen LogP contribution < -0.4 is 4.90 Å². The van der Waals surface area contributed by atoms with Gasteiger partial charge in [-0.2, -0.15) is 0 Å². The van der Waals surface area contributed by atoms with Gasteiger partial charge in [-0.15, -0.1) is 0 Å². The van der Waals surface area contributed by atoms with Crippen molar-refractivity contribution >= 4 is 17.6 Å². The molecule has 1 fully saturated rings. The molecule has 0 saturated carbocycles. The number of hydrogen-bond acceptors (Lipinski definition) is 5. The van der Waals surface area contributed by atoms with Crippen molar-refractivity contribution in [3.8, 4) is 33.8 Å². The van der Waals surface area contributed by atoms with Gasteiger partial charge in [0.25, 0.3) is 0 Å². The van der Waals surface area contributed by atoms with Gasteiger partial charge < -0.3 is 14.9 Å². The first-order valence-corrected chi connectivity index (χ1v) is 13.9. The zero-order chi connectivity index (χ0) is 29.9. The lowest BCUT2D eigenvalue weighted by atomic mass is 9.92. The van der Waals surface area contributed by atoms with Crippen molar-refractivity contribution in [2.24, 2.45) is 0 Å². The van der Waals surface area contributed by atoms with Crippen LogP contribution in [0.2, 0.25) is 0 Å². The van der Waals surface area contributed by atoms with Crippen molar-refractivity contribution < 1.29 is 28.9 Å². The lowest BCUT2D eigenvalue weighted by Gasteiger charge is -2.26. The fraction of sp³-hybridized carbons (Fsp3) is 0.111. The first kappa shape index (κ1) is 27.7. The summed E-state index contributed by atoms with van der Waals surface area (Å²) in [4.78, 5) is 27.8.